The molecule has 1 saturated heterocycles. The second-order valence-electron chi connectivity index (χ2n) is 9.76. The maximum absolute atomic E-state index is 6.20. The largest absolute Gasteiger partial charge is 0.467 e. The van der Waals surface area contributed by atoms with Crippen molar-refractivity contribution < 1.29 is 4.42 Å². The number of fused-ring (bicyclic) bond motifs is 1. The van der Waals surface area contributed by atoms with Gasteiger partial charge in [-0.1, -0.05) is 59.6 Å². The lowest BCUT2D eigenvalue weighted by molar-refractivity contribution is 0.103. The number of furan rings is 1. The fourth-order valence-corrected chi connectivity index (χ4v) is 5.45. The summed E-state index contributed by atoms with van der Waals surface area (Å²) in [5.41, 5.74) is 3.38. The number of rotatable bonds is 8. The van der Waals surface area contributed by atoms with Crippen molar-refractivity contribution in [2.24, 2.45) is 0 Å². The third-order valence-electron chi connectivity index (χ3n) is 7.17. The van der Waals surface area contributed by atoms with E-state index in [2.05, 4.69) is 45.4 Å². The van der Waals surface area contributed by atoms with E-state index in [9.17, 15) is 0 Å². The van der Waals surface area contributed by atoms with Crippen molar-refractivity contribution in [3.63, 3.8) is 0 Å². The summed E-state index contributed by atoms with van der Waals surface area (Å²) in [6.07, 6.45) is 1.69. The van der Waals surface area contributed by atoms with E-state index in [1.165, 1.54) is 11.1 Å². The fraction of sp³-hybridized carbons (Fsp3) is 0.226. The lowest BCUT2D eigenvalue weighted by atomic mass is 9.96. The first-order chi connectivity index (χ1) is 19.1. The molecule has 198 valence electrons. The third kappa shape index (κ3) is 6.10. The molecule has 3 aromatic carbocycles. The number of piperazine rings is 1. The van der Waals surface area contributed by atoms with Crippen LogP contribution in [0.2, 0.25) is 10.0 Å². The van der Waals surface area contributed by atoms with Crippen LogP contribution in [-0.4, -0.2) is 45.9 Å². The Hall–Kier alpha value is -3.42. The lowest BCUT2D eigenvalue weighted by Crippen LogP contribution is -2.47. The average Bonchev–Trinajstić information content (AvgIpc) is 3.49. The van der Waals surface area contributed by atoms with Gasteiger partial charge in [-0.15, -0.1) is 0 Å². The SMILES string of the molecule is Clc1ccc(C(c2ccc(Cl)cc2)N2CCN(Cc3nc(NCc4ccco4)c4ccccc4n3)CC2)cc1. The first-order valence-corrected chi connectivity index (χ1v) is 13.9. The number of aromatic nitrogens is 2. The summed E-state index contributed by atoms with van der Waals surface area (Å²) >= 11 is 12.4. The van der Waals surface area contributed by atoms with Gasteiger partial charge in [0.25, 0.3) is 0 Å². The van der Waals surface area contributed by atoms with Crippen LogP contribution >= 0.6 is 23.2 Å². The van der Waals surface area contributed by atoms with Crippen molar-refractivity contribution in [2.75, 3.05) is 31.5 Å². The van der Waals surface area contributed by atoms with Crippen LogP contribution in [0.15, 0.2) is 95.6 Å². The highest BCUT2D eigenvalue weighted by molar-refractivity contribution is 6.30. The smallest absolute Gasteiger partial charge is 0.145 e. The molecular weight excluding hydrogens is 529 g/mol. The molecule has 1 N–H and O–H groups in total. The minimum atomic E-state index is 0.135. The van der Waals surface area contributed by atoms with E-state index in [-0.39, 0.29) is 6.04 Å². The van der Waals surface area contributed by atoms with Crippen molar-refractivity contribution in [3.8, 4) is 0 Å². The van der Waals surface area contributed by atoms with Crippen molar-refractivity contribution in [2.45, 2.75) is 19.1 Å². The summed E-state index contributed by atoms with van der Waals surface area (Å²) in [6, 6.07) is 28.4. The molecule has 1 fully saturated rings. The van der Waals surface area contributed by atoms with Crippen LogP contribution in [-0.2, 0) is 13.1 Å². The Bertz CT molecular complexity index is 1470. The van der Waals surface area contributed by atoms with E-state index in [0.29, 0.717) is 13.1 Å². The van der Waals surface area contributed by atoms with Gasteiger partial charge in [0.1, 0.15) is 17.4 Å². The molecule has 0 spiro atoms. The molecule has 5 aromatic rings. The number of nitrogens with one attached hydrogen (secondary N) is 1. The van der Waals surface area contributed by atoms with Crippen LogP contribution in [0.5, 0.6) is 0 Å². The minimum Gasteiger partial charge on any atom is -0.467 e. The Kier molecular flexibility index (Phi) is 7.79. The minimum absolute atomic E-state index is 0.135. The zero-order valence-electron chi connectivity index (χ0n) is 21.4. The number of para-hydroxylation sites is 1. The predicted octanol–water partition coefficient (Wildman–Crippen LogP) is 7.05. The molecule has 39 heavy (non-hydrogen) atoms. The number of nitrogens with zero attached hydrogens (tertiary/aromatic N) is 4. The first-order valence-electron chi connectivity index (χ1n) is 13.1. The molecule has 6 rings (SSSR count). The van der Waals surface area contributed by atoms with E-state index < -0.39 is 0 Å². The van der Waals surface area contributed by atoms with Gasteiger partial charge in [-0.3, -0.25) is 9.80 Å². The van der Waals surface area contributed by atoms with Crippen LogP contribution in [0.25, 0.3) is 10.9 Å². The number of halogens is 2. The molecule has 0 radical (unpaired) electrons. The molecule has 0 atom stereocenters. The molecule has 0 amide bonds. The standard InChI is InChI=1S/C31H29Cl2N5O/c32-24-11-7-22(8-12-24)30(23-9-13-25(33)14-10-23)38-17-15-37(16-18-38)21-29-35-28-6-2-1-5-27(28)31(36-29)34-20-26-4-3-19-39-26/h1-14,19,30H,15-18,20-21H2,(H,34,35,36). The van der Waals surface area contributed by atoms with Crippen LogP contribution in [0.1, 0.15) is 28.8 Å². The molecular formula is C31H29Cl2N5O. The van der Waals surface area contributed by atoms with Gasteiger partial charge in [0.15, 0.2) is 0 Å². The summed E-state index contributed by atoms with van der Waals surface area (Å²) in [6.45, 7) is 4.95. The molecule has 0 unspecified atom stereocenters. The lowest BCUT2D eigenvalue weighted by Gasteiger charge is -2.39. The van der Waals surface area contributed by atoms with E-state index >= 15 is 0 Å². The molecule has 0 saturated carbocycles. The van der Waals surface area contributed by atoms with Crippen LogP contribution in [0.4, 0.5) is 5.82 Å². The summed E-state index contributed by atoms with van der Waals surface area (Å²) in [5.74, 6) is 2.51. The quantitative estimate of drug-likeness (QED) is 0.220. The Morgan fingerprint density at radius 1 is 0.769 bits per heavy atom. The third-order valence-corrected chi connectivity index (χ3v) is 7.67. The maximum Gasteiger partial charge on any atom is 0.145 e. The molecule has 3 heterocycles. The highest BCUT2D eigenvalue weighted by Gasteiger charge is 2.27. The molecule has 1 aliphatic rings. The zero-order chi connectivity index (χ0) is 26.6. The highest BCUT2D eigenvalue weighted by Crippen LogP contribution is 2.31. The molecule has 1 aliphatic heterocycles. The van der Waals surface area contributed by atoms with Crippen molar-refractivity contribution in [1.82, 2.24) is 19.8 Å². The van der Waals surface area contributed by atoms with Gasteiger partial charge in [-0.05, 0) is 59.7 Å². The van der Waals surface area contributed by atoms with Gasteiger partial charge in [0.05, 0.1) is 30.9 Å². The summed E-state index contributed by atoms with van der Waals surface area (Å²) < 4.78 is 5.49. The van der Waals surface area contributed by atoms with Crippen molar-refractivity contribution >= 4 is 39.9 Å². The number of anilines is 1. The van der Waals surface area contributed by atoms with Gasteiger partial charge in [0, 0.05) is 41.6 Å². The topological polar surface area (TPSA) is 57.4 Å². The van der Waals surface area contributed by atoms with Crippen LogP contribution < -0.4 is 5.32 Å². The van der Waals surface area contributed by atoms with Gasteiger partial charge in [0.2, 0.25) is 0 Å². The summed E-state index contributed by atoms with van der Waals surface area (Å²) in [4.78, 5) is 14.8. The van der Waals surface area contributed by atoms with Crippen molar-refractivity contribution in [3.05, 3.63) is 124 Å². The van der Waals surface area contributed by atoms with E-state index in [1.807, 2.05) is 54.6 Å². The van der Waals surface area contributed by atoms with Gasteiger partial charge in [-0.2, -0.15) is 0 Å². The van der Waals surface area contributed by atoms with Gasteiger partial charge >= 0.3 is 0 Å². The van der Waals surface area contributed by atoms with Crippen molar-refractivity contribution in [1.29, 1.82) is 0 Å². The van der Waals surface area contributed by atoms with E-state index in [1.54, 1.807) is 6.26 Å². The maximum atomic E-state index is 6.20. The molecule has 6 nitrogen and oxygen atoms in total. The number of hydrogen-bond acceptors (Lipinski definition) is 6. The van der Waals surface area contributed by atoms with Crippen LogP contribution in [0.3, 0.4) is 0 Å². The Balaban J connectivity index is 1.18. The van der Waals surface area contributed by atoms with E-state index in [0.717, 1.165) is 64.5 Å². The molecule has 0 bridgehead atoms. The molecule has 0 aliphatic carbocycles. The zero-order valence-corrected chi connectivity index (χ0v) is 22.9. The number of benzene rings is 3. The van der Waals surface area contributed by atoms with Gasteiger partial charge < -0.3 is 9.73 Å². The van der Waals surface area contributed by atoms with E-state index in [4.69, 9.17) is 37.6 Å². The Morgan fingerprint density at radius 3 is 2.08 bits per heavy atom. The average molecular weight is 559 g/mol. The molecule has 8 heteroatoms. The van der Waals surface area contributed by atoms with Gasteiger partial charge in [-0.25, -0.2) is 9.97 Å². The summed E-state index contributed by atoms with van der Waals surface area (Å²) in [7, 11) is 0. The predicted molar refractivity (Wildman–Crippen MR) is 157 cm³/mol. The number of hydrogen-bond donors (Lipinski definition) is 1. The highest BCUT2D eigenvalue weighted by atomic mass is 35.5. The second kappa shape index (κ2) is 11.8. The fourth-order valence-electron chi connectivity index (χ4n) is 5.20. The van der Waals surface area contributed by atoms with Crippen LogP contribution in [0, 0.1) is 0 Å². The first kappa shape index (κ1) is 25.8. The Morgan fingerprint density at radius 2 is 1.44 bits per heavy atom. The normalized spacial score (nSPS) is 14.7. The monoisotopic (exact) mass is 557 g/mol. The second-order valence-corrected chi connectivity index (χ2v) is 10.6. The summed E-state index contributed by atoms with van der Waals surface area (Å²) in [5, 5.41) is 5.93. The Labute approximate surface area is 238 Å². The molecule has 2 aromatic heterocycles.